The molecule has 5 heterocycles. The smallest absolute Gasteiger partial charge is 0.165 e. The standard InChI is InChI=1S/C26H34N8O/c1-7-33-10-9-19(33)16-35-21-15-27-32(6)24(21)18-8-11-34-20(13-18)14-23(31-34)29-22-12-17(2)28-25(30-22)26(3,4)5/h8,11-15,19H,7,9-10,16H2,1-6H3,(H,28,29,30,31)/t19-/m1/s1. The second-order valence-corrected chi connectivity index (χ2v) is 10.3. The minimum Gasteiger partial charge on any atom is -0.488 e. The first-order valence-corrected chi connectivity index (χ1v) is 12.2. The molecular weight excluding hydrogens is 440 g/mol. The molecule has 1 N–H and O–H groups in total. The number of likely N-dealkylation sites (tertiary alicyclic amines) is 1. The van der Waals surface area contributed by atoms with Gasteiger partial charge in [-0.25, -0.2) is 14.5 Å². The lowest BCUT2D eigenvalue weighted by atomic mass is 9.95. The molecule has 184 valence electrons. The fourth-order valence-corrected chi connectivity index (χ4v) is 4.44. The summed E-state index contributed by atoms with van der Waals surface area (Å²) in [6.45, 7) is 13.4. The molecule has 1 atom stereocenters. The number of pyridine rings is 1. The van der Waals surface area contributed by atoms with Crippen LogP contribution in [0.3, 0.4) is 0 Å². The molecule has 4 aromatic rings. The normalized spacial score (nSPS) is 16.5. The number of aryl methyl sites for hydroxylation is 2. The molecule has 1 aliphatic rings. The van der Waals surface area contributed by atoms with Crippen molar-refractivity contribution < 1.29 is 4.74 Å². The molecule has 0 unspecified atom stereocenters. The number of anilines is 2. The topological polar surface area (TPSA) is 85.4 Å². The van der Waals surface area contributed by atoms with Crippen molar-refractivity contribution in [2.75, 3.05) is 25.0 Å². The van der Waals surface area contributed by atoms with Crippen LogP contribution in [0.15, 0.2) is 36.7 Å². The molecule has 1 aliphatic heterocycles. The van der Waals surface area contributed by atoms with Crippen molar-refractivity contribution in [1.82, 2.24) is 34.3 Å². The van der Waals surface area contributed by atoms with Gasteiger partial charge in [-0.15, -0.1) is 0 Å². The van der Waals surface area contributed by atoms with Gasteiger partial charge in [-0.2, -0.15) is 10.2 Å². The Hall–Kier alpha value is -3.46. The zero-order chi connectivity index (χ0) is 24.7. The van der Waals surface area contributed by atoms with Gasteiger partial charge in [-0.3, -0.25) is 9.58 Å². The van der Waals surface area contributed by atoms with Crippen molar-refractivity contribution in [3.8, 4) is 17.0 Å². The van der Waals surface area contributed by atoms with Crippen LogP contribution in [-0.4, -0.2) is 60.0 Å². The van der Waals surface area contributed by atoms with Gasteiger partial charge in [-0.05, 0) is 32.0 Å². The van der Waals surface area contributed by atoms with E-state index < -0.39 is 0 Å². The maximum absolute atomic E-state index is 6.22. The molecule has 0 amide bonds. The number of ether oxygens (including phenoxy) is 1. The lowest BCUT2D eigenvalue weighted by Gasteiger charge is -2.39. The van der Waals surface area contributed by atoms with E-state index in [2.05, 4.69) is 59.2 Å². The molecule has 0 aromatic carbocycles. The molecule has 0 bridgehead atoms. The first kappa shape index (κ1) is 23.3. The maximum Gasteiger partial charge on any atom is 0.165 e. The van der Waals surface area contributed by atoms with E-state index in [9.17, 15) is 0 Å². The van der Waals surface area contributed by atoms with Crippen LogP contribution in [0.4, 0.5) is 11.6 Å². The van der Waals surface area contributed by atoms with Crippen LogP contribution in [0.5, 0.6) is 5.75 Å². The SMILES string of the molecule is CCN1CC[C@@H]1COc1cnn(C)c1-c1ccn2nc(Nc3cc(C)nc(C(C)(C)C)n3)cc2c1. The third kappa shape index (κ3) is 4.73. The Morgan fingerprint density at radius 1 is 1.14 bits per heavy atom. The number of rotatable bonds is 7. The Labute approximate surface area is 206 Å². The van der Waals surface area contributed by atoms with Gasteiger partial charge in [0.1, 0.15) is 23.9 Å². The van der Waals surface area contributed by atoms with Crippen molar-refractivity contribution in [3.05, 3.63) is 48.2 Å². The Kier molecular flexibility index (Phi) is 5.96. The van der Waals surface area contributed by atoms with Gasteiger partial charge in [-0.1, -0.05) is 27.7 Å². The highest BCUT2D eigenvalue weighted by Crippen LogP contribution is 2.32. The van der Waals surface area contributed by atoms with Gasteiger partial charge < -0.3 is 10.1 Å². The van der Waals surface area contributed by atoms with Gasteiger partial charge in [0.2, 0.25) is 0 Å². The first-order chi connectivity index (χ1) is 16.7. The van der Waals surface area contributed by atoms with Crippen LogP contribution in [0.2, 0.25) is 0 Å². The minimum absolute atomic E-state index is 0.132. The van der Waals surface area contributed by atoms with Crippen molar-refractivity contribution in [1.29, 1.82) is 0 Å². The van der Waals surface area contributed by atoms with Crippen LogP contribution < -0.4 is 10.1 Å². The number of nitrogens with one attached hydrogen (secondary N) is 1. The number of aromatic nitrogens is 6. The second kappa shape index (κ2) is 8.96. The minimum atomic E-state index is -0.132. The highest BCUT2D eigenvalue weighted by molar-refractivity contribution is 5.72. The molecule has 4 aromatic heterocycles. The Morgan fingerprint density at radius 3 is 2.69 bits per heavy atom. The number of likely N-dealkylation sites (N-methyl/N-ethyl adjacent to an activating group) is 1. The highest BCUT2D eigenvalue weighted by atomic mass is 16.5. The van der Waals surface area contributed by atoms with E-state index in [0.717, 1.165) is 58.8 Å². The molecule has 0 saturated carbocycles. The summed E-state index contributed by atoms with van der Waals surface area (Å²) < 4.78 is 9.94. The molecule has 35 heavy (non-hydrogen) atoms. The van der Waals surface area contributed by atoms with Crippen molar-refractivity contribution >= 4 is 17.2 Å². The van der Waals surface area contributed by atoms with Gasteiger partial charge in [0, 0.05) is 54.6 Å². The van der Waals surface area contributed by atoms with E-state index in [4.69, 9.17) is 9.72 Å². The van der Waals surface area contributed by atoms with Crippen LogP contribution in [0.1, 0.15) is 45.6 Å². The average molecular weight is 475 g/mol. The number of hydrogen-bond donors (Lipinski definition) is 1. The molecule has 0 spiro atoms. The van der Waals surface area contributed by atoms with Gasteiger partial charge in [0.05, 0.1) is 11.7 Å². The molecule has 5 rings (SSSR count). The lowest BCUT2D eigenvalue weighted by molar-refractivity contribution is 0.0563. The maximum atomic E-state index is 6.22. The lowest BCUT2D eigenvalue weighted by Crippen LogP contribution is -2.50. The summed E-state index contributed by atoms with van der Waals surface area (Å²) in [5, 5.41) is 12.5. The molecule has 0 radical (unpaired) electrons. The van der Waals surface area contributed by atoms with Crippen LogP contribution in [0.25, 0.3) is 16.8 Å². The molecule has 9 nitrogen and oxygen atoms in total. The zero-order valence-electron chi connectivity index (χ0n) is 21.4. The average Bonchev–Trinajstić information content (AvgIpc) is 3.34. The quantitative estimate of drug-likeness (QED) is 0.426. The van der Waals surface area contributed by atoms with Gasteiger partial charge in [0.25, 0.3) is 0 Å². The summed E-state index contributed by atoms with van der Waals surface area (Å²) in [5.74, 6) is 3.08. The molecule has 0 aliphatic carbocycles. The number of fused-ring (bicyclic) bond motifs is 1. The summed E-state index contributed by atoms with van der Waals surface area (Å²) in [5.41, 5.74) is 3.76. The van der Waals surface area contributed by atoms with E-state index in [1.165, 1.54) is 6.42 Å². The third-order valence-electron chi connectivity index (χ3n) is 6.53. The second-order valence-electron chi connectivity index (χ2n) is 10.3. The van der Waals surface area contributed by atoms with Crippen molar-refractivity contribution in [3.63, 3.8) is 0 Å². The van der Waals surface area contributed by atoms with E-state index in [1.54, 1.807) is 0 Å². The largest absolute Gasteiger partial charge is 0.488 e. The monoisotopic (exact) mass is 474 g/mol. The molecular formula is C26H34N8O. The van der Waals surface area contributed by atoms with Crippen molar-refractivity contribution in [2.45, 2.75) is 52.5 Å². The van der Waals surface area contributed by atoms with Crippen molar-refractivity contribution in [2.24, 2.45) is 7.05 Å². The summed E-state index contributed by atoms with van der Waals surface area (Å²) in [6.07, 6.45) is 4.95. The van der Waals surface area contributed by atoms with Gasteiger partial charge >= 0.3 is 0 Å². The van der Waals surface area contributed by atoms with E-state index in [0.29, 0.717) is 12.6 Å². The number of hydrogen-bond acceptors (Lipinski definition) is 7. The Balaban J connectivity index is 1.38. The van der Waals surface area contributed by atoms with E-state index in [1.807, 2.05) is 53.8 Å². The molecule has 1 saturated heterocycles. The Bertz CT molecular complexity index is 1350. The predicted octanol–water partition coefficient (Wildman–Crippen LogP) is 4.35. The fourth-order valence-electron chi connectivity index (χ4n) is 4.44. The summed E-state index contributed by atoms with van der Waals surface area (Å²) in [7, 11) is 1.95. The van der Waals surface area contributed by atoms with Crippen LogP contribution >= 0.6 is 0 Å². The van der Waals surface area contributed by atoms with Crippen LogP contribution in [0, 0.1) is 6.92 Å². The predicted molar refractivity (Wildman–Crippen MR) is 137 cm³/mol. The zero-order valence-corrected chi connectivity index (χ0v) is 21.4. The summed E-state index contributed by atoms with van der Waals surface area (Å²) in [6, 6.07) is 8.59. The Morgan fingerprint density at radius 2 is 1.97 bits per heavy atom. The fraction of sp³-hybridized carbons (Fsp3) is 0.462. The summed E-state index contributed by atoms with van der Waals surface area (Å²) >= 11 is 0. The number of nitrogens with zero attached hydrogens (tertiary/aromatic N) is 7. The third-order valence-corrected chi connectivity index (χ3v) is 6.53. The van der Waals surface area contributed by atoms with Crippen LogP contribution in [-0.2, 0) is 12.5 Å². The first-order valence-electron chi connectivity index (χ1n) is 12.2. The molecule has 9 heteroatoms. The molecule has 1 fully saturated rings. The highest BCUT2D eigenvalue weighted by Gasteiger charge is 2.27. The summed E-state index contributed by atoms with van der Waals surface area (Å²) in [4.78, 5) is 11.7. The van der Waals surface area contributed by atoms with E-state index in [-0.39, 0.29) is 5.41 Å². The van der Waals surface area contributed by atoms with Gasteiger partial charge in [0.15, 0.2) is 11.6 Å². The van der Waals surface area contributed by atoms with E-state index >= 15 is 0 Å².